The number of piperidine rings is 1. The van der Waals surface area contributed by atoms with Crippen LogP contribution in [0.15, 0.2) is 0 Å². The number of aromatic nitrogens is 2. The Hall–Kier alpha value is -1.60. The fourth-order valence-electron chi connectivity index (χ4n) is 2.61. The van der Waals surface area contributed by atoms with Crippen molar-refractivity contribution < 1.29 is 14.3 Å². The fourth-order valence-corrected chi connectivity index (χ4v) is 2.85. The Morgan fingerprint density at radius 3 is 2.82 bits per heavy atom. The van der Waals surface area contributed by atoms with E-state index >= 15 is 0 Å². The van der Waals surface area contributed by atoms with Crippen molar-refractivity contribution in [3.8, 4) is 0 Å². The Morgan fingerprint density at radius 2 is 2.23 bits per heavy atom. The molecule has 0 aliphatic carbocycles. The molecule has 1 saturated heterocycles. The molecule has 0 saturated carbocycles. The first kappa shape index (κ1) is 16.8. The van der Waals surface area contributed by atoms with Gasteiger partial charge in [-0.15, -0.1) is 0 Å². The van der Waals surface area contributed by atoms with Gasteiger partial charge in [0.25, 0.3) is 5.91 Å². The second kappa shape index (κ2) is 7.11. The molecule has 1 amide bonds. The van der Waals surface area contributed by atoms with Crippen LogP contribution in [0.2, 0.25) is 5.02 Å². The number of ether oxygens (including phenoxy) is 1. The molecule has 1 unspecified atom stereocenters. The van der Waals surface area contributed by atoms with E-state index in [0.717, 1.165) is 12.8 Å². The van der Waals surface area contributed by atoms with Crippen molar-refractivity contribution in [2.75, 3.05) is 19.7 Å². The van der Waals surface area contributed by atoms with Gasteiger partial charge < -0.3 is 4.74 Å². The quantitative estimate of drug-likeness (QED) is 0.843. The molecule has 22 heavy (non-hydrogen) atoms. The molecular weight excluding hydrogens is 308 g/mol. The zero-order valence-electron chi connectivity index (χ0n) is 13.1. The molecule has 1 fully saturated rings. The van der Waals surface area contributed by atoms with Crippen LogP contribution in [0.1, 0.15) is 35.9 Å². The van der Waals surface area contributed by atoms with E-state index in [0.29, 0.717) is 36.1 Å². The van der Waals surface area contributed by atoms with Gasteiger partial charge in [0, 0.05) is 20.1 Å². The molecule has 0 bridgehead atoms. The highest BCUT2D eigenvalue weighted by molar-refractivity contribution is 6.34. The lowest BCUT2D eigenvalue weighted by Crippen LogP contribution is -2.49. The number of amides is 1. The summed E-state index contributed by atoms with van der Waals surface area (Å²) in [7, 11) is 1.67. The summed E-state index contributed by atoms with van der Waals surface area (Å²) in [6, 6.07) is 0. The molecule has 1 aliphatic heterocycles. The maximum Gasteiger partial charge on any atom is 0.310 e. The molecule has 8 heteroatoms. The highest BCUT2D eigenvalue weighted by atomic mass is 35.5. The lowest BCUT2D eigenvalue weighted by molar-refractivity contribution is -0.150. The molecular formula is C14H21ClN4O3. The van der Waals surface area contributed by atoms with Crippen molar-refractivity contribution in [1.29, 1.82) is 0 Å². The van der Waals surface area contributed by atoms with Crippen LogP contribution in [0.25, 0.3) is 0 Å². The smallest absolute Gasteiger partial charge is 0.310 e. The number of nitrogens with one attached hydrogen (secondary N) is 1. The van der Waals surface area contributed by atoms with Gasteiger partial charge in [-0.1, -0.05) is 11.6 Å². The molecule has 1 N–H and O–H groups in total. The molecule has 1 aromatic heterocycles. The third-order valence-electron chi connectivity index (χ3n) is 3.67. The lowest BCUT2D eigenvalue weighted by atomic mass is 9.99. The second-order valence-electron chi connectivity index (χ2n) is 5.35. The average molecular weight is 329 g/mol. The molecule has 2 heterocycles. The van der Waals surface area contributed by atoms with Crippen molar-refractivity contribution in [3.63, 3.8) is 0 Å². The van der Waals surface area contributed by atoms with Crippen LogP contribution in [-0.2, 0) is 16.6 Å². The van der Waals surface area contributed by atoms with Crippen molar-refractivity contribution in [1.82, 2.24) is 20.2 Å². The Labute approximate surface area is 134 Å². The summed E-state index contributed by atoms with van der Waals surface area (Å²) in [5, 5.41) is 6.21. The normalized spacial score (nSPS) is 19.0. The van der Waals surface area contributed by atoms with Crippen molar-refractivity contribution >= 4 is 23.5 Å². The minimum Gasteiger partial charge on any atom is -0.466 e. The highest BCUT2D eigenvalue weighted by Crippen LogP contribution is 2.20. The van der Waals surface area contributed by atoms with Gasteiger partial charge >= 0.3 is 5.97 Å². The van der Waals surface area contributed by atoms with Crippen LogP contribution in [0, 0.1) is 12.8 Å². The van der Waals surface area contributed by atoms with Gasteiger partial charge in [-0.3, -0.25) is 19.7 Å². The predicted octanol–water partition coefficient (Wildman–Crippen LogP) is 1.30. The zero-order valence-corrected chi connectivity index (χ0v) is 13.8. The zero-order chi connectivity index (χ0) is 16.3. The van der Waals surface area contributed by atoms with Crippen molar-refractivity contribution in [2.45, 2.75) is 26.7 Å². The number of hydrazine groups is 1. The predicted molar refractivity (Wildman–Crippen MR) is 81.4 cm³/mol. The minimum absolute atomic E-state index is 0.210. The van der Waals surface area contributed by atoms with E-state index in [1.807, 2.05) is 0 Å². The van der Waals surface area contributed by atoms with Gasteiger partial charge in [-0.05, 0) is 26.7 Å². The first-order valence-corrected chi connectivity index (χ1v) is 7.73. The first-order chi connectivity index (χ1) is 10.4. The number of hydrogen-bond donors (Lipinski definition) is 1. The summed E-state index contributed by atoms with van der Waals surface area (Å²) >= 11 is 6.11. The van der Waals surface area contributed by atoms with E-state index in [1.165, 1.54) is 4.68 Å². The molecule has 1 aromatic rings. The van der Waals surface area contributed by atoms with E-state index in [2.05, 4.69) is 10.5 Å². The summed E-state index contributed by atoms with van der Waals surface area (Å²) in [4.78, 5) is 24.2. The second-order valence-corrected chi connectivity index (χ2v) is 5.73. The van der Waals surface area contributed by atoms with E-state index in [9.17, 15) is 9.59 Å². The monoisotopic (exact) mass is 328 g/mol. The van der Waals surface area contributed by atoms with Crippen LogP contribution in [0.3, 0.4) is 0 Å². The largest absolute Gasteiger partial charge is 0.466 e. The van der Waals surface area contributed by atoms with Crippen LogP contribution in [0.4, 0.5) is 0 Å². The summed E-state index contributed by atoms with van der Waals surface area (Å²) < 4.78 is 6.51. The number of nitrogens with zero attached hydrogens (tertiary/aromatic N) is 3. The number of aryl methyl sites for hydroxylation is 2. The van der Waals surface area contributed by atoms with Crippen LogP contribution < -0.4 is 5.43 Å². The number of rotatable bonds is 4. The first-order valence-electron chi connectivity index (χ1n) is 7.35. The Bertz CT molecular complexity index is 573. The maximum atomic E-state index is 12.4. The number of carbonyl (C=O) groups is 2. The van der Waals surface area contributed by atoms with E-state index in [-0.39, 0.29) is 17.8 Å². The average Bonchev–Trinajstić information content (AvgIpc) is 2.72. The number of hydrogen-bond acceptors (Lipinski definition) is 5. The Morgan fingerprint density at radius 1 is 1.50 bits per heavy atom. The van der Waals surface area contributed by atoms with Gasteiger partial charge in [0.15, 0.2) is 0 Å². The van der Waals surface area contributed by atoms with Crippen LogP contribution in [-0.4, -0.2) is 46.4 Å². The van der Waals surface area contributed by atoms with E-state index < -0.39 is 0 Å². The van der Waals surface area contributed by atoms with Gasteiger partial charge in [-0.25, -0.2) is 5.01 Å². The molecule has 1 aliphatic rings. The molecule has 122 valence electrons. The summed E-state index contributed by atoms with van der Waals surface area (Å²) in [6.07, 6.45) is 1.60. The maximum absolute atomic E-state index is 12.4. The topological polar surface area (TPSA) is 76.5 Å². The molecule has 2 rings (SSSR count). The Balaban J connectivity index is 2.01. The van der Waals surface area contributed by atoms with Gasteiger partial charge in [0.2, 0.25) is 0 Å². The summed E-state index contributed by atoms with van der Waals surface area (Å²) in [6.45, 7) is 5.03. The molecule has 1 atom stereocenters. The third-order valence-corrected chi connectivity index (χ3v) is 4.12. The molecule has 0 radical (unpaired) electrons. The molecule has 0 aromatic carbocycles. The third kappa shape index (κ3) is 3.59. The van der Waals surface area contributed by atoms with Crippen molar-refractivity contribution in [2.24, 2.45) is 13.0 Å². The van der Waals surface area contributed by atoms with Gasteiger partial charge in [-0.2, -0.15) is 5.10 Å². The number of carbonyl (C=O) groups excluding carboxylic acids is 2. The standard InChI is InChI=1S/C14H21ClN4O3/c1-4-22-14(21)10-6-5-7-19(8-10)17-13(20)12-11(15)9(2)16-18(12)3/h10H,4-8H2,1-3H3,(H,17,20). The van der Waals surface area contributed by atoms with Crippen LogP contribution in [0.5, 0.6) is 0 Å². The highest BCUT2D eigenvalue weighted by Gasteiger charge is 2.29. The minimum atomic E-state index is -0.322. The number of halogens is 1. The summed E-state index contributed by atoms with van der Waals surface area (Å²) in [5.41, 5.74) is 3.72. The molecule has 0 spiro atoms. The molecule has 7 nitrogen and oxygen atoms in total. The lowest BCUT2D eigenvalue weighted by Gasteiger charge is -2.31. The van der Waals surface area contributed by atoms with Crippen molar-refractivity contribution in [3.05, 3.63) is 16.4 Å². The fraction of sp³-hybridized carbons (Fsp3) is 0.643. The van der Waals surface area contributed by atoms with E-state index in [4.69, 9.17) is 16.3 Å². The Kier molecular flexibility index (Phi) is 5.42. The van der Waals surface area contributed by atoms with Gasteiger partial charge in [0.05, 0.1) is 23.2 Å². The van der Waals surface area contributed by atoms with E-state index in [1.54, 1.807) is 25.9 Å². The summed E-state index contributed by atoms with van der Waals surface area (Å²) in [5.74, 6) is -0.744. The SMILES string of the molecule is CCOC(=O)C1CCCN(NC(=O)c2c(Cl)c(C)nn2C)C1. The van der Waals surface area contributed by atoms with Gasteiger partial charge in [0.1, 0.15) is 5.69 Å². The van der Waals surface area contributed by atoms with Crippen LogP contribution >= 0.6 is 11.6 Å². The number of esters is 1.